The molecule has 0 aromatic heterocycles. The first kappa shape index (κ1) is 22.3. The maximum atomic E-state index is 12.4. The van der Waals surface area contributed by atoms with Crippen LogP contribution in [0.25, 0.3) is 0 Å². The molecule has 0 aliphatic heterocycles. The number of nitrogens with zero attached hydrogens (tertiary/aromatic N) is 1. The minimum absolute atomic E-state index is 0.175. The van der Waals surface area contributed by atoms with Gasteiger partial charge >= 0.3 is 11.8 Å². The van der Waals surface area contributed by atoms with Crippen molar-refractivity contribution in [2.75, 3.05) is 40.2 Å². The van der Waals surface area contributed by atoms with Gasteiger partial charge in [-0.15, -0.1) is 0 Å². The SMILES string of the molecule is COc1cc(NC(=O)C(=O)NCCCC(C)C)c(C(=O)N(C)C)cc1OC. The number of nitrogens with one attached hydrogen (secondary N) is 2. The molecule has 0 saturated carbocycles. The van der Waals surface area contributed by atoms with E-state index in [1.807, 2.05) is 0 Å². The zero-order valence-corrected chi connectivity index (χ0v) is 16.8. The Bertz CT molecular complexity index is 686. The molecule has 0 saturated heterocycles. The lowest BCUT2D eigenvalue weighted by Crippen LogP contribution is -2.36. The maximum absolute atomic E-state index is 12.4. The molecule has 0 aliphatic rings. The molecule has 3 amide bonds. The summed E-state index contributed by atoms with van der Waals surface area (Å²) in [5.41, 5.74) is 0.368. The van der Waals surface area contributed by atoms with E-state index >= 15 is 0 Å². The maximum Gasteiger partial charge on any atom is 0.313 e. The van der Waals surface area contributed by atoms with Crippen molar-refractivity contribution in [3.05, 3.63) is 17.7 Å². The lowest BCUT2D eigenvalue weighted by Gasteiger charge is -2.17. The van der Waals surface area contributed by atoms with Crippen LogP contribution in [-0.4, -0.2) is 57.5 Å². The summed E-state index contributed by atoms with van der Waals surface area (Å²) in [6.45, 7) is 4.60. The van der Waals surface area contributed by atoms with Crippen molar-refractivity contribution in [2.45, 2.75) is 26.7 Å². The van der Waals surface area contributed by atoms with E-state index in [9.17, 15) is 14.4 Å². The molecule has 0 bridgehead atoms. The standard InChI is InChI=1S/C19H29N3O5/c1-12(2)8-7-9-20-17(23)18(24)21-14-11-16(27-6)15(26-5)10-13(14)19(25)22(3)4/h10-12H,7-9H2,1-6H3,(H,20,23)(H,21,24). The Morgan fingerprint density at radius 1 is 1.04 bits per heavy atom. The number of hydrogen-bond acceptors (Lipinski definition) is 5. The van der Waals surface area contributed by atoms with E-state index < -0.39 is 11.8 Å². The van der Waals surface area contributed by atoms with E-state index in [4.69, 9.17) is 9.47 Å². The molecule has 1 aromatic carbocycles. The molecule has 0 aliphatic carbocycles. The molecule has 150 valence electrons. The van der Waals surface area contributed by atoms with Crippen LogP contribution in [0.5, 0.6) is 11.5 Å². The van der Waals surface area contributed by atoms with Crippen molar-refractivity contribution in [2.24, 2.45) is 5.92 Å². The molecule has 0 fully saturated rings. The fourth-order valence-corrected chi connectivity index (χ4v) is 2.37. The van der Waals surface area contributed by atoms with Crippen LogP contribution in [0.1, 0.15) is 37.0 Å². The molecule has 8 nitrogen and oxygen atoms in total. The summed E-state index contributed by atoms with van der Waals surface area (Å²) in [4.78, 5) is 38.0. The van der Waals surface area contributed by atoms with Gasteiger partial charge in [-0.05, 0) is 24.8 Å². The summed E-state index contributed by atoms with van der Waals surface area (Å²) < 4.78 is 10.4. The van der Waals surface area contributed by atoms with Gasteiger partial charge in [-0.3, -0.25) is 14.4 Å². The molecule has 0 heterocycles. The Morgan fingerprint density at radius 3 is 2.15 bits per heavy atom. The first-order chi connectivity index (χ1) is 12.7. The molecule has 0 spiro atoms. The van der Waals surface area contributed by atoms with Crippen LogP contribution < -0.4 is 20.1 Å². The second kappa shape index (κ2) is 10.4. The number of methoxy groups -OCH3 is 2. The highest BCUT2D eigenvalue weighted by atomic mass is 16.5. The van der Waals surface area contributed by atoms with Gasteiger partial charge in [0.05, 0.1) is 25.5 Å². The number of anilines is 1. The zero-order chi connectivity index (χ0) is 20.6. The zero-order valence-electron chi connectivity index (χ0n) is 16.8. The number of benzene rings is 1. The van der Waals surface area contributed by atoms with Gasteiger partial charge in [-0.2, -0.15) is 0 Å². The lowest BCUT2D eigenvalue weighted by molar-refractivity contribution is -0.136. The first-order valence-corrected chi connectivity index (χ1v) is 8.78. The van der Waals surface area contributed by atoms with Crippen molar-refractivity contribution in [1.29, 1.82) is 0 Å². The smallest absolute Gasteiger partial charge is 0.313 e. The summed E-state index contributed by atoms with van der Waals surface area (Å²) in [5, 5.41) is 5.07. The fourth-order valence-electron chi connectivity index (χ4n) is 2.37. The molecule has 0 unspecified atom stereocenters. The number of carbonyl (C=O) groups excluding carboxylic acids is 3. The highest BCUT2D eigenvalue weighted by Crippen LogP contribution is 2.33. The van der Waals surface area contributed by atoms with E-state index in [-0.39, 0.29) is 17.2 Å². The number of carbonyl (C=O) groups is 3. The Morgan fingerprint density at radius 2 is 1.63 bits per heavy atom. The van der Waals surface area contributed by atoms with Crippen LogP contribution in [0.15, 0.2) is 12.1 Å². The van der Waals surface area contributed by atoms with Gasteiger partial charge < -0.3 is 25.0 Å². The predicted octanol–water partition coefficient (Wildman–Crippen LogP) is 1.90. The molecule has 1 rings (SSSR count). The quantitative estimate of drug-likeness (QED) is 0.531. The largest absolute Gasteiger partial charge is 0.493 e. The summed E-state index contributed by atoms with van der Waals surface area (Å²) >= 11 is 0. The molecule has 27 heavy (non-hydrogen) atoms. The van der Waals surface area contributed by atoms with Crippen molar-refractivity contribution in [1.82, 2.24) is 10.2 Å². The molecule has 0 radical (unpaired) electrons. The van der Waals surface area contributed by atoms with Gasteiger partial charge in [-0.25, -0.2) is 0 Å². The number of rotatable bonds is 8. The first-order valence-electron chi connectivity index (χ1n) is 8.78. The van der Waals surface area contributed by atoms with E-state index in [2.05, 4.69) is 24.5 Å². The Hall–Kier alpha value is -2.77. The van der Waals surface area contributed by atoms with Crippen LogP contribution in [0.3, 0.4) is 0 Å². The highest BCUT2D eigenvalue weighted by Gasteiger charge is 2.22. The van der Waals surface area contributed by atoms with Crippen molar-refractivity contribution in [3.63, 3.8) is 0 Å². The van der Waals surface area contributed by atoms with Crippen LogP contribution in [0.4, 0.5) is 5.69 Å². The topological polar surface area (TPSA) is 97.0 Å². The molecular formula is C19H29N3O5. The highest BCUT2D eigenvalue weighted by molar-refractivity contribution is 6.40. The van der Waals surface area contributed by atoms with Gasteiger partial charge in [0.15, 0.2) is 11.5 Å². The van der Waals surface area contributed by atoms with E-state index in [1.54, 1.807) is 14.1 Å². The van der Waals surface area contributed by atoms with Crippen LogP contribution in [0, 0.1) is 5.92 Å². The van der Waals surface area contributed by atoms with Crippen LogP contribution >= 0.6 is 0 Å². The molecule has 8 heteroatoms. The van der Waals surface area contributed by atoms with Gasteiger partial charge in [0.2, 0.25) is 0 Å². The molecule has 0 atom stereocenters. The van der Waals surface area contributed by atoms with Crippen molar-refractivity contribution < 1.29 is 23.9 Å². The normalized spacial score (nSPS) is 10.3. The summed E-state index contributed by atoms with van der Waals surface area (Å²) in [6, 6.07) is 2.93. The van der Waals surface area contributed by atoms with Gasteiger partial charge in [0, 0.05) is 26.7 Å². The monoisotopic (exact) mass is 379 g/mol. The summed E-state index contributed by atoms with van der Waals surface area (Å²) in [5.74, 6) is -0.735. The average molecular weight is 379 g/mol. The minimum Gasteiger partial charge on any atom is -0.493 e. The van der Waals surface area contributed by atoms with Crippen LogP contribution in [0.2, 0.25) is 0 Å². The van der Waals surface area contributed by atoms with E-state index in [1.165, 1.54) is 31.3 Å². The molecular weight excluding hydrogens is 350 g/mol. The summed E-state index contributed by atoms with van der Waals surface area (Å²) in [7, 11) is 6.07. The lowest BCUT2D eigenvalue weighted by atomic mass is 10.1. The summed E-state index contributed by atoms with van der Waals surface area (Å²) in [6.07, 6.45) is 1.75. The Labute approximate surface area is 160 Å². The predicted molar refractivity (Wildman–Crippen MR) is 103 cm³/mol. The molecule has 2 N–H and O–H groups in total. The van der Waals surface area contributed by atoms with E-state index in [0.29, 0.717) is 24.0 Å². The van der Waals surface area contributed by atoms with Gasteiger partial charge in [0.1, 0.15) is 0 Å². The van der Waals surface area contributed by atoms with Gasteiger partial charge in [0.25, 0.3) is 5.91 Å². The minimum atomic E-state index is -0.848. The van der Waals surface area contributed by atoms with Crippen molar-refractivity contribution >= 4 is 23.4 Å². The third-order valence-electron chi connectivity index (χ3n) is 3.86. The van der Waals surface area contributed by atoms with Crippen LogP contribution in [-0.2, 0) is 9.59 Å². The number of hydrogen-bond donors (Lipinski definition) is 2. The van der Waals surface area contributed by atoms with Crippen molar-refractivity contribution in [3.8, 4) is 11.5 Å². The number of ether oxygens (including phenoxy) is 2. The second-order valence-electron chi connectivity index (χ2n) is 6.70. The van der Waals surface area contributed by atoms with E-state index in [0.717, 1.165) is 12.8 Å². The Balaban J connectivity index is 2.98. The Kier molecular flexibility index (Phi) is 8.58. The second-order valence-corrected chi connectivity index (χ2v) is 6.70. The van der Waals surface area contributed by atoms with Gasteiger partial charge in [-0.1, -0.05) is 13.8 Å². The average Bonchev–Trinajstić information content (AvgIpc) is 2.63. The molecule has 1 aromatic rings. The number of amides is 3. The third-order valence-corrected chi connectivity index (χ3v) is 3.86. The fraction of sp³-hybridized carbons (Fsp3) is 0.526. The third kappa shape index (κ3) is 6.47.